The molecule has 8 nitrogen and oxygen atoms in total. The second-order valence-corrected chi connectivity index (χ2v) is 7.69. The van der Waals surface area contributed by atoms with Crippen LogP contribution in [0.3, 0.4) is 0 Å². The molecule has 2 aromatic heterocycles. The average molecular weight is 451 g/mol. The second kappa shape index (κ2) is 7.53. The van der Waals surface area contributed by atoms with Crippen LogP contribution in [0.25, 0.3) is 10.8 Å². The van der Waals surface area contributed by atoms with Gasteiger partial charge in [-0.2, -0.15) is 4.37 Å². The Morgan fingerprint density at radius 3 is 2.78 bits per heavy atom. The molecule has 142 valence electrons. The van der Waals surface area contributed by atoms with Crippen LogP contribution >= 0.6 is 27.5 Å². The van der Waals surface area contributed by atoms with Crippen LogP contribution in [0.15, 0.2) is 22.9 Å². The summed E-state index contributed by atoms with van der Waals surface area (Å²) >= 11 is 4.62. The third-order valence-electron chi connectivity index (χ3n) is 4.77. The zero-order valence-corrected chi connectivity index (χ0v) is 17.6. The summed E-state index contributed by atoms with van der Waals surface area (Å²) in [5.41, 5.74) is 1.12. The van der Waals surface area contributed by atoms with Gasteiger partial charge in [0.25, 0.3) is 0 Å². The van der Waals surface area contributed by atoms with Crippen LogP contribution in [0, 0.1) is 0 Å². The molecule has 4 rings (SSSR count). The van der Waals surface area contributed by atoms with Crippen LogP contribution in [0.4, 0.5) is 0 Å². The van der Waals surface area contributed by atoms with Gasteiger partial charge >= 0.3 is 0 Å². The summed E-state index contributed by atoms with van der Waals surface area (Å²) in [5, 5.41) is 9.57. The van der Waals surface area contributed by atoms with Gasteiger partial charge in [0.1, 0.15) is 11.5 Å². The molecule has 0 spiro atoms. The van der Waals surface area contributed by atoms with Crippen molar-refractivity contribution in [2.45, 2.75) is 26.1 Å². The molecule has 3 aromatic rings. The van der Waals surface area contributed by atoms with E-state index in [4.69, 9.17) is 9.47 Å². The van der Waals surface area contributed by atoms with E-state index in [1.54, 1.807) is 14.2 Å². The summed E-state index contributed by atoms with van der Waals surface area (Å²) in [5.74, 6) is 3.33. The van der Waals surface area contributed by atoms with Crippen molar-refractivity contribution in [3.63, 3.8) is 0 Å². The lowest BCUT2D eigenvalue weighted by molar-refractivity contribution is 0.155. The number of halogens is 1. The van der Waals surface area contributed by atoms with E-state index in [1.165, 1.54) is 11.5 Å². The Morgan fingerprint density at radius 2 is 2.07 bits per heavy atom. The lowest BCUT2D eigenvalue weighted by Gasteiger charge is -2.33. The highest BCUT2D eigenvalue weighted by Crippen LogP contribution is 2.32. The van der Waals surface area contributed by atoms with Gasteiger partial charge in [-0.05, 0) is 40.5 Å². The van der Waals surface area contributed by atoms with Crippen molar-refractivity contribution in [2.24, 2.45) is 0 Å². The zero-order chi connectivity index (χ0) is 19.0. The Bertz CT molecular complexity index is 959. The number of benzene rings is 1. The molecule has 0 amide bonds. The average Bonchev–Trinajstić information content (AvgIpc) is 3.30. The third kappa shape index (κ3) is 3.44. The minimum absolute atomic E-state index is 0.128. The Morgan fingerprint density at radius 1 is 1.22 bits per heavy atom. The summed E-state index contributed by atoms with van der Waals surface area (Å²) in [6.07, 6.45) is 0. The molecule has 1 aliphatic rings. The fourth-order valence-corrected chi connectivity index (χ4v) is 4.38. The maximum atomic E-state index is 5.54. The van der Waals surface area contributed by atoms with Crippen LogP contribution in [0.2, 0.25) is 0 Å². The first-order chi connectivity index (χ1) is 13.1. The van der Waals surface area contributed by atoms with Crippen molar-refractivity contribution in [1.82, 2.24) is 29.0 Å². The maximum absolute atomic E-state index is 5.54. The fraction of sp³-hybridized carbons (Fsp3) is 0.412. The highest BCUT2D eigenvalue weighted by molar-refractivity contribution is 9.10. The quantitative estimate of drug-likeness (QED) is 0.590. The number of methoxy groups -OCH3 is 2. The molecular formula is C17H19BrN6O2S. The van der Waals surface area contributed by atoms with Gasteiger partial charge in [0, 0.05) is 31.3 Å². The molecule has 0 bridgehead atoms. The van der Waals surface area contributed by atoms with E-state index < -0.39 is 0 Å². The molecule has 1 unspecified atom stereocenters. The first kappa shape index (κ1) is 18.3. The van der Waals surface area contributed by atoms with Crippen LogP contribution < -0.4 is 9.47 Å². The van der Waals surface area contributed by atoms with Crippen molar-refractivity contribution in [3.8, 4) is 22.3 Å². The molecule has 1 aromatic carbocycles. The maximum Gasteiger partial charge on any atom is 0.209 e. The second-order valence-electron chi connectivity index (χ2n) is 6.23. The van der Waals surface area contributed by atoms with Gasteiger partial charge in [-0.25, -0.2) is 4.98 Å². The Kier molecular flexibility index (Phi) is 5.11. The smallest absolute Gasteiger partial charge is 0.209 e. The van der Waals surface area contributed by atoms with E-state index in [-0.39, 0.29) is 6.04 Å². The van der Waals surface area contributed by atoms with Gasteiger partial charge < -0.3 is 14.0 Å². The number of hydrogen-bond donors (Lipinski definition) is 0. The number of rotatable bonds is 5. The van der Waals surface area contributed by atoms with Gasteiger partial charge in [0.15, 0.2) is 16.7 Å². The van der Waals surface area contributed by atoms with E-state index in [0.29, 0.717) is 4.73 Å². The standard InChI is InChI=1S/C17H19BrN6O2S/c1-10-14-20-21-15(16-19-17(18)22-27-16)24(14)7-6-23(10)9-11-4-5-12(25-2)8-13(11)26-3/h4-5,8,10H,6-7,9H2,1-3H3. The Hall–Kier alpha value is -2.04. The number of fused-ring (bicyclic) bond motifs is 1. The highest BCUT2D eigenvalue weighted by Gasteiger charge is 2.30. The van der Waals surface area contributed by atoms with Crippen molar-refractivity contribution in [3.05, 3.63) is 34.3 Å². The summed E-state index contributed by atoms with van der Waals surface area (Å²) in [6, 6.07) is 6.05. The molecule has 3 heterocycles. The van der Waals surface area contributed by atoms with Gasteiger partial charge in [0.2, 0.25) is 4.73 Å². The first-order valence-corrected chi connectivity index (χ1v) is 10.0. The molecular weight excluding hydrogens is 432 g/mol. The van der Waals surface area contributed by atoms with E-state index in [2.05, 4.69) is 51.9 Å². The van der Waals surface area contributed by atoms with E-state index in [0.717, 1.165) is 53.4 Å². The van der Waals surface area contributed by atoms with Crippen LogP contribution in [0.5, 0.6) is 11.5 Å². The minimum atomic E-state index is 0.128. The zero-order valence-electron chi connectivity index (χ0n) is 15.2. The Balaban J connectivity index is 1.58. The van der Waals surface area contributed by atoms with Crippen molar-refractivity contribution in [1.29, 1.82) is 0 Å². The van der Waals surface area contributed by atoms with Crippen molar-refractivity contribution >= 4 is 27.5 Å². The monoisotopic (exact) mass is 450 g/mol. The Labute approximate surface area is 169 Å². The molecule has 0 radical (unpaired) electrons. The van der Waals surface area contributed by atoms with Gasteiger partial charge in [0.05, 0.1) is 20.3 Å². The molecule has 10 heteroatoms. The lowest BCUT2D eigenvalue weighted by atomic mass is 10.1. The van der Waals surface area contributed by atoms with E-state index in [9.17, 15) is 0 Å². The number of aromatic nitrogens is 5. The molecule has 1 atom stereocenters. The summed E-state index contributed by atoms with van der Waals surface area (Å²) in [6.45, 7) is 4.60. The highest BCUT2D eigenvalue weighted by atomic mass is 79.9. The molecule has 0 fully saturated rings. The summed E-state index contributed by atoms with van der Waals surface area (Å²) in [4.78, 5) is 6.74. The normalized spacial score (nSPS) is 17.0. The predicted molar refractivity (Wildman–Crippen MR) is 105 cm³/mol. The van der Waals surface area contributed by atoms with Gasteiger partial charge in [-0.3, -0.25) is 4.90 Å². The predicted octanol–water partition coefficient (Wildman–Crippen LogP) is 3.15. The number of nitrogens with zero attached hydrogens (tertiary/aromatic N) is 6. The van der Waals surface area contributed by atoms with E-state index in [1.807, 2.05) is 18.2 Å². The molecule has 0 saturated carbocycles. The van der Waals surface area contributed by atoms with Crippen LogP contribution in [0.1, 0.15) is 24.4 Å². The van der Waals surface area contributed by atoms with Crippen LogP contribution in [-0.2, 0) is 13.1 Å². The minimum Gasteiger partial charge on any atom is -0.497 e. The van der Waals surface area contributed by atoms with E-state index >= 15 is 0 Å². The molecule has 0 N–H and O–H groups in total. The summed E-state index contributed by atoms with van der Waals surface area (Å²) in [7, 11) is 3.34. The molecule has 0 aliphatic carbocycles. The molecule has 0 saturated heterocycles. The van der Waals surface area contributed by atoms with Gasteiger partial charge in [-0.1, -0.05) is 6.07 Å². The SMILES string of the molecule is COc1ccc(CN2CCn3c(-c4nc(Br)ns4)nnc3C2C)c(OC)c1. The fourth-order valence-electron chi connectivity index (χ4n) is 3.30. The largest absolute Gasteiger partial charge is 0.497 e. The van der Waals surface area contributed by atoms with Crippen molar-refractivity contribution < 1.29 is 9.47 Å². The van der Waals surface area contributed by atoms with Crippen LogP contribution in [-0.4, -0.2) is 49.8 Å². The number of ether oxygens (including phenoxy) is 2. The van der Waals surface area contributed by atoms with Gasteiger partial charge in [-0.15, -0.1) is 10.2 Å². The summed E-state index contributed by atoms with van der Waals surface area (Å²) < 4.78 is 17.7. The molecule has 27 heavy (non-hydrogen) atoms. The number of hydrogen-bond acceptors (Lipinski definition) is 8. The topological polar surface area (TPSA) is 78.2 Å². The first-order valence-electron chi connectivity index (χ1n) is 8.48. The third-order valence-corrected chi connectivity index (χ3v) is 6.07. The lowest BCUT2D eigenvalue weighted by Crippen LogP contribution is -2.36. The molecule has 1 aliphatic heterocycles. The van der Waals surface area contributed by atoms with Crippen molar-refractivity contribution in [2.75, 3.05) is 20.8 Å².